The lowest BCUT2D eigenvalue weighted by Crippen LogP contribution is -1.93. The van der Waals surface area contributed by atoms with Gasteiger partial charge in [-0.2, -0.15) is 5.10 Å². The number of benzene rings is 1. The molecule has 0 atom stereocenters. The standard InChI is InChI=1S/C13H9BrClN3.C4H3BrClN3/c1-8-4-2-3-5-9(8)11-7-18-13(16-11)10(14)6-12(15)17-18;5-2-1-3(6)8-9-4(2)7/h2-7H,1H3;1H,(H2,7,9). The van der Waals surface area contributed by atoms with Crippen molar-refractivity contribution in [3.8, 4) is 11.3 Å². The van der Waals surface area contributed by atoms with Crippen LogP contribution in [-0.2, 0) is 0 Å². The van der Waals surface area contributed by atoms with Gasteiger partial charge in [-0.05, 0) is 56.5 Å². The first-order chi connectivity index (χ1) is 12.8. The van der Waals surface area contributed by atoms with Crippen LogP contribution in [0.25, 0.3) is 16.9 Å². The molecule has 0 amide bonds. The molecule has 0 aliphatic carbocycles. The second kappa shape index (κ2) is 8.52. The van der Waals surface area contributed by atoms with Crippen molar-refractivity contribution in [2.75, 3.05) is 5.73 Å². The summed E-state index contributed by atoms with van der Waals surface area (Å²) in [5, 5.41) is 12.0. The van der Waals surface area contributed by atoms with Crippen molar-refractivity contribution in [3.05, 3.63) is 67.4 Å². The minimum absolute atomic E-state index is 0.330. The fourth-order valence-electron chi connectivity index (χ4n) is 2.26. The Kier molecular flexibility index (Phi) is 6.31. The SMILES string of the molecule is Cc1ccccc1-c1cn2nc(Cl)cc(Br)c2n1.Nc1nnc(Cl)cc1Br. The lowest BCUT2D eigenvalue weighted by molar-refractivity contribution is 0.932. The Morgan fingerprint density at radius 2 is 1.70 bits per heavy atom. The largest absolute Gasteiger partial charge is 0.381 e. The van der Waals surface area contributed by atoms with Crippen LogP contribution in [0.1, 0.15) is 5.56 Å². The molecule has 0 saturated carbocycles. The van der Waals surface area contributed by atoms with Crippen LogP contribution in [0.2, 0.25) is 10.3 Å². The van der Waals surface area contributed by atoms with Crippen molar-refractivity contribution in [2.45, 2.75) is 6.92 Å². The summed E-state index contributed by atoms with van der Waals surface area (Å²) in [5.41, 5.74) is 9.25. The average Bonchev–Trinajstić information content (AvgIpc) is 3.03. The number of aryl methyl sites for hydroxylation is 1. The first-order valence-corrected chi connectivity index (χ1v) is 9.91. The minimum Gasteiger partial charge on any atom is -0.381 e. The van der Waals surface area contributed by atoms with Crippen LogP contribution in [0.4, 0.5) is 5.82 Å². The van der Waals surface area contributed by atoms with E-state index in [2.05, 4.69) is 65.1 Å². The van der Waals surface area contributed by atoms with Crippen molar-refractivity contribution in [3.63, 3.8) is 0 Å². The Labute approximate surface area is 182 Å². The van der Waals surface area contributed by atoms with E-state index in [0.29, 0.717) is 20.6 Å². The van der Waals surface area contributed by atoms with Gasteiger partial charge in [0.2, 0.25) is 0 Å². The second-order valence-electron chi connectivity index (χ2n) is 5.42. The van der Waals surface area contributed by atoms with Crippen LogP contribution in [0.15, 0.2) is 51.5 Å². The number of halogens is 4. The van der Waals surface area contributed by atoms with Crippen molar-refractivity contribution < 1.29 is 0 Å². The fourth-order valence-corrected chi connectivity index (χ4v) is 3.64. The lowest BCUT2D eigenvalue weighted by atomic mass is 10.1. The highest BCUT2D eigenvalue weighted by Crippen LogP contribution is 2.26. The summed E-state index contributed by atoms with van der Waals surface area (Å²) in [6.07, 6.45) is 1.88. The normalized spacial score (nSPS) is 10.6. The summed E-state index contributed by atoms with van der Waals surface area (Å²) in [7, 11) is 0. The number of nitrogen functional groups attached to an aromatic ring is 1. The van der Waals surface area contributed by atoms with Gasteiger partial charge in [-0.1, -0.05) is 47.5 Å². The number of nitrogens with two attached hydrogens (primary N) is 1. The van der Waals surface area contributed by atoms with Crippen molar-refractivity contribution >= 4 is 66.5 Å². The molecule has 1 aromatic carbocycles. The zero-order valence-corrected chi connectivity index (χ0v) is 18.6. The van der Waals surface area contributed by atoms with E-state index in [4.69, 9.17) is 28.9 Å². The molecule has 0 aliphatic heterocycles. The molecule has 10 heteroatoms. The first-order valence-electron chi connectivity index (χ1n) is 7.57. The van der Waals surface area contributed by atoms with E-state index in [1.165, 1.54) is 5.56 Å². The summed E-state index contributed by atoms with van der Waals surface area (Å²) in [6, 6.07) is 11.5. The molecular formula is C17H12Br2Cl2N6. The highest BCUT2D eigenvalue weighted by molar-refractivity contribution is 9.11. The number of nitrogens with zero attached hydrogens (tertiary/aromatic N) is 5. The summed E-state index contributed by atoms with van der Waals surface area (Å²) in [5.74, 6) is 0.347. The number of aromatic nitrogens is 5. The smallest absolute Gasteiger partial charge is 0.168 e. The predicted molar refractivity (Wildman–Crippen MR) is 115 cm³/mol. The number of anilines is 1. The van der Waals surface area contributed by atoms with Crippen LogP contribution in [0, 0.1) is 6.92 Å². The van der Waals surface area contributed by atoms with Gasteiger partial charge in [-0.3, -0.25) is 0 Å². The van der Waals surface area contributed by atoms with Crippen LogP contribution >= 0.6 is 55.1 Å². The molecule has 0 fully saturated rings. The van der Waals surface area contributed by atoms with Gasteiger partial charge in [0.05, 0.1) is 20.8 Å². The van der Waals surface area contributed by atoms with E-state index >= 15 is 0 Å². The van der Waals surface area contributed by atoms with E-state index in [1.54, 1.807) is 16.6 Å². The Hall–Kier alpha value is -1.74. The third-order valence-corrected chi connectivity index (χ3v) is 5.10. The maximum Gasteiger partial charge on any atom is 0.168 e. The number of hydrogen-bond acceptors (Lipinski definition) is 5. The predicted octanol–water partition coefficient (Wildman–Crippen LogP) is 5.60. The zero-order valence-electron chi connectivity index (χ0n) is 13.9. The molecule has 4 aromatic rings. The van der Waals surface area contributed by atoms with Crippen LogP contribution in [0.3, 0.4) is 0 Å². The number of fused-ring (bicyclic) bond motifs is 1. The Balaban J connectivity index is 0.000000197. The third-order valence-electron chi connectivity index (χ3n) is 3.52. The number of imidazole rings is 1. The highest BCUT2D eigenvalue weighted by Gasteiger charge is 2.10. The Morgan fingerprint density at radius 1 is 1.00 bits per heavy atom. The van der Waals surface area contributed by atoms with E-state index in [1.807, 2.05) is 24.4 Å². The molecular weight excluding hydrogens is 519 g/mol. The quantitative estimate of drug-likeness (QED) is 0.346. The molecule has 0 saturated heterocycles. The molecule has 27 heavy (non-hydrogen) atoms. The first kappa shape index (κ1) is 20.0. The van der Waals surface area contributed by atoms with E-state index in [-0.39, 0.29) is 0 Å². The van der Waals surface area contributed by atoms with Crippen LogP contribution < -0.4 is 5.73 Å². The highest BCUT2D eigenvalue weighted by atomic mass is 79.9. The molecule has 0 bridgehead atoms. The number of rotatable bonds is 1. The van der Waals surface area contributed by atoms with Gasteiger partial charge in [-0.25, -0.2) is 9.50 Å². The van der Waals surface area contributed by atoms with Gasteiger partial charge < -0.3 is 5.73 Å². The second-order valence-corrected chi connectivity index (χ2v) is 7.91. The van der Waals surface area contributed by atoms with Gasteiger partial charge in [0, 0.05) is 5.56 Å². The van der Waals surface area contributed by atoms with Crippen molar-refractivity contribution in [2.24, 2.45) is 0 Å². The average molecular weight is 531 g/mol. The Morgan fingerprint density at radius 3 is 2.37 bits per heavy atom. The molecule has 2 N–H and O–H groups in total. The topological polar surface area (TPSA) is 82.0 Å². The van der Waals surface area contributed by atoms with Gasteiger partial charge in [-0.15, -0.1) is 10.2 Å². The van der Waals surface area contributed by atoms with Gasteiger partial charge in [0.15, 0.2) is 21.8 Å². The monoisotopic (exact) mass is 528 g/mol. The minimum atomic E-state index is 0.330. The molecule has 0 unspecified atom stereocenters. The van der Waals surface area contributed by atoms with Crippen molar-refractivity contribution in [1.29, 1.82) is 0 Å². The summed E-state index contributed by atoms with van der Waals surface area (Å²) in [6.45, 7) is 2.06. The zero-order chi connectivity index (χ0) is 19.6. The maximum atomic E-state index is 5.92. The van der Waals surface area contributed by atoms with Gasteiger partial charge in [0.25, 0.3) is 0 Å². The van der Waals surface area contributed by atoms with Gasteiger partial charge in [0.1, 0.15) is 0 Å². The number of hydrogen-bond donors (Lipinski definition) is 1. The van der Waals surface area contributed by atoms with E-state index in [0.717, 1.165) is 21.4 Å². The molecule has 3 heterocycles. The summed E-state index contributed by atoms with van der Waals surface area (Å²) < 4.78 is 3.19. The lowest BCUT2D eigenvalue weighted by Gasteiger charge is -1.99. The van der Waals surface area contributed by atoms with Gasteiger partial charge >= 0.3 is 0 Å². The van der Waals surface area contributed by atoms with Crippen molar-refractivity contribution in [1.82, 2.24) is 24.8 Å². The summed E-state index contributed by atoms with van der Waals surface area (Å²) >= 11 is 18.0. The molecule has 0 spiro atoms. The molecule has 0 aliphatic rings. The Bertz CT molecular complexity index is 1120. The van der Waals surface area contributed by atoms with Crippen LogP contribution in [-0.4, -0.2) is 24.8 Å². The molecule has 138 valence electrons. The van der Waals surface area contributed by atoms with Crippen LogP contribution in [0.5, 0.6) is 0 Å². The maximum absolute atomic E-state index is 5.92. The summed E-state index contributed by atoms with van der Waals surface area (Å²) in [4.78, 5) is 4.58. The fraction of sp³-hybridized carbons (Fsp3) is 0.0588. The molecule has 3 aromatic heterocycles. The van der Waals surface area contributed by atoms with E-state index in [9.17, 15) is 0 Å². The third kappa shape index (κ3) is 4.76. The van der Waals surface area contributed by atoms with E-state index < -0.39 is 0 Å². The molecule has 4 rings (SSSR count). The molecule has 0 radical (unpaired) electrons. The molecule has 6 nitrogen and oxygen atoms in total.